The summed E-state index contributed by atoms with van der Waals surface area (Å²) in [7, 11) is 1.00. The van der Waals surface area contributed by atoms with Crippen LogP contribution in [0.3, 0.4) is 0 Å². The standard InChI is InChI=1S/C27H26F6O3.CH4O/c1-16-10-23(19-6-4-3-5-7-19)24(25(36,27(31,32)33)15-26(28,29)30)22(17(16)2)12-18-8-9-20(13-34)21(11-18)14-35;1-2/h3-11,34-36H,12-15H2,1-2H3;2H,1H3. The van der Waals surface area contributed by atoms with E-state index in [1.165, 1.54) is 43.3 Å². The van der Waals surface area contributed by atoms with Crippen molar-refractivity contribution in [1.29, 1.82) is 0 Å². The number of aliphatic hydroxyl groups excluding tert-OH is 3. The Kier molecular flexibility index (Phi) is 10.1. The van der Waals surface area contributed by atoms with Crippen molar-refractivity contribution >= 4 is 0 Å². The van der Waals surface area contributed by atoms with Crippen molar-refractivity contribution in [3.8, 4) is 11.1 Å². The first-order valence-electron chi connectivity index (χ1n) is 11.5. The second kappa shape index (κ2) is 12.3. The molecule has 0 aliphatic rings. The Morgan fingerprint density at radius 1 is 0.763 bits per heavy atom. The van der Waals surface area contributed by atoms with E-state index in [0.717, 1.165) is 7.11 Å². The maximum atomic E-state index is 14.4. The van der Waals surface area contributed by atoms with E-state index in [2.05, 4.69) is 0 Å². The summed E-state index contributed by atoms with van der Waals surface area (Å²) in [4.78, 5) is 0. The Balaban J connectivity index is 0.00000247. The van der Waals surface area contributed by atoms with E-state index in [4.69, 9.17) is 5.11 Å². The third-order valence-electron chi connectivity index (χ3n) is 6.39. The van der Waals surface area contributed by atoms with Crippen molar-refractivity contribution in [2.24, 2.45) is 0 Å². The van der Waals surface area contributed by atoms with Gasteiger partial charge in [-0.1, -0.05) is 54.6 Å². The van der Waals surface area contributed by atoms with Crippen molar-refractivity contribution in [2.75, 3.05) is 7.11 Å². The molecule has 3 aromatic rings. The first kappa shape index (κ1) is 31.3. The summed E-state index contributed by atoms with van der Waals surface area (Å²) in [6, 6.07) is 13.5. The Morgan fingerprint density at radius 2 is 1.34 bits per heavy atom. The smallest absolute Gasteiger partial charge is 0.400 e. The fourth-order valence-corrected chi connectivity index (χ4v) is 4.44. The fraction of sp³-hybridized carbons (Fsp3) is 0.357. The highest BCUT2D eigenvalue weighted by molar-refractivity contribution is 5.73. The summed E-state index contributed by atoms with van der Waals surface area (Å²) in [5, 5.41) is 37.0. The molecule has 38 heavy (non-hydrogen) atoms. The largest absolute Gasteiger partial charge is 0.421 e. The van der Waals surface area contributed by atoms with Crippen LogP contribution in [0.15, 0.2) is 54.6 Å². The Hall–Kier alpha value is -2.92. The highest BCUT2D eigenvalue weighted by Crippen LogP contribution is 2.51. The number of aliphatic hydroxyl groups is 4. The SMILES string of the molecule is CO.Cc1cc(-c2ccccc2)c(C(O)(CC(F)(F)F)C(F)(F)F)c(Cc2ccc(CO)c(CO)c2)c1C. The molecule has 0 spiro atoms. The predicted octanol–water partition coefficient (Wildman–Crippen LogP) is 5.86. The number of benzene rings is 3. The maximum Gasteiger partial charge on any atom is 0.421 e. The Morgan fingerprint density at radius 3 is 1.84 bits per heavy atom. The normalized spacial score (nSPS) is 13.5. The van der Waals surface area contributed by atoms with Crippen molar-refractivity contribution < 1.29 is 46.8 Å². The highest BCUT2D eigenvalue weighted by Gasteiger charge is 2.61. The minimum atomic E-state index is -5.64. The molecule has 0 heterocycles. The monoisotopic (exact) mass is 544 g/mol. The van der Waals surface area contributed by atoms with Crippen molar-refractivity contribution in [1.82, 2.24) is 0 Å². The third-order valence-corrected chi connectivity index (χ3v) is 6.39. The van der Waals surface area contributed by atoms with Crippen LogP contribution in [0.25, 0.3) is 11.1 Å². The quantitative estimate of drug-likeness (QED) is 0.281. The molecule has 0 fully saturated rings. The molecule has 0 saturated heterocycles. The van der Waals surface area contributed by atoms with Crippen LogP contribution in [0.4, 0.5) is 26.3 Å². The van der Waals surface area contributed by atoms with Gasteiger partial charge in [-0.15, -0.1) is 0 Å². The molecule has 0 saturated carbocycles. The van der Waals surface area contributed by atoms with Crippen LogP contribution in [0.5, 0.6) is 0 Å². The van der Waals surface area contributed by atoms with Crippen molar-refractivity contribution in [2.45, 2.75) is 57.9 Å². The van der Waals surface area contributed by atoms with E-state index in [1.807, 2.05) is 0 Å². The number of halogens is 6. The lowest BCUT2D eigenvalue weighted by atomic mass is 9.76. The second-order valence-corrected chi connectivity index (χ2v) is 8.83. The Bertz CT molecular complexity index is 1220. The number of hydrogen-bond donors (Lipinski definition) is 4. The topological polar surface area (TPSA) is 80.9 Å². The van der Waals surface area contributed by atoms with Gasteiger partial charge in [0.25, 0.3) is 0 Å². The van der Waals surface area contributed by atoms with Crippen molar-refractivity contribution in [3.05, 3.63) is 93.5 Å². The molecule has 4 nitrogen and oxygen atoms in total. The van der Waals surface area contributed by atoms with Gasteiger partial charge in [-0.25, -0.2) is 0 Å². The molecule has 1 unspecified atom stereocenters. The number of hydrogen-bond acceptors (Lipinski definition) is 4. The summed E-state index contributed by atoms with van der Waals surface area (Å²) >= 11 is 0. The zero-order chi connectivity index (χ0) is 28.9. The predicted molar refractivity (Wildman–Crippen MR) is 131 cm³/mol. The highest BCUT2D eigenvalue weighted by atomic mass is 19.4. The molecule has 3 aromatic carbocycles. The van der Waals surface area contributed by atoms with Gasteiger partial charge in [0.05, 0.1) is 19.6 Å². The third kappa shape index (κ3) is 6.74. The summed E-state index contributed by atoms with van der Waals surface area (Å²) in [5.74, 6) is 0. The van der Waals surface area contributed by atoms with Crippen LogP contribution in [-0.4, -0.2) is 39.9 Å². The van der Waals surface area contributed by atoms with Crippen LogP contribution in [-0.2, 0) is 25.2 Å². The first-order chi connectivity index (χ1) is 17.7. The fourth-order valence-electron chi connectivity index (χ4n) is 4.44. The molecule has 0 bridgehead atoms. The van der Waals surface area contributed by atoms with Gasteiger partial charge in [-0.2, -0.15) is 26.3 Å². The average Bonchev–Trinajstić information content (AvgIpc) is 2.86. The molecule has 0 amide bonds. The van der Waals surface area contributed by atoms with E-state index in [1.54, 1.807) is 25.1 Å². The summed E-state index contributed by atoms with van der Waals surface area (Å²) in [6.07, 6.45) is -13.7. The van der Waals surface area contributed by atoms with E-state index in [0.29, 0.717) is 27.8 Å². The number of aryl methyl sites for hydroxylation is 1. The van der Waals surface area contributed by atoms with Crippen LogP contribution in [0.2, 0.25) is 0 Å². The van der Waals surface area contributed by atoms with Crippen LogP contribution in [0.1, 0.15) is 45.4 Å². The minimum Gasteiger partial charge on any atom is -0.400 e. The summed E-state index contributed by atoms with van der Waals surface area (Å²) in [6.45, 7) is 2.32. The molecule has 10 heteroatoms. The lowest BCUT2D eigenvalue weighted by Gasteiger charge is -2.36. The maximum absolute atomic E-state index is 14.4. The van der Waals surface area contributed by atoms with E-state index in [9.17, 15) is 41.7 Å². The number of alkyl halides is 6. The molecule has 0 aliphatic heterocycles. The molecule has 0 aliphatic carbocycles. The van der Waals surface area contributed by atoms with Gasteiger partial charge >= 0.3 is 12.4 Å². The molecule has 0 radical (unpaired) electrons. The average molecular weight is 545 g/mol. The van der Waals surface area contributed by atoms with Crippen LogP contribution >= 0.6 is 0 Å². The van der Waals surface area contributed by atoms with Gasteiger partial charge in [-0.05, 0) is 64.8 Å². The first-order valence-corrected chi connectivity index (χ1v) is 11.5. The lowest BCUT2D eigenvalue weighted by molar-refractivity contribution is -0.300. The van der Waals surface area contributed by atoms with Gasteiger partial charge in [-0.3, -0.25) is 0 Å². The molecular formula is C28H30F6O4. The van der Waals surface area contributed by atoms with Gasteiger partial charge in [0.2, 0.25) is 0 Å². The molecular weight excluding hydrogens is 514 g/mol. The lowest BCUT2D eigenvalue weighted by Crippen LogP contribution is -2.47. The number of rotatable bonds is 7. The summed E-state index contributed by atoms with van der Waals surface area (Å²) in [5.41, 5.74) is -3.05. The molecule has 3 rings (SSSR count). The molecule has 208 valence electrons. The van der Waals surface area contributed by atoms with E-state index >= 15 is 0 Å². The molecule has 4 N–H and O–H groups in total. The van der Waals surface area contributed by atoms with Gasteiger partial charge in [0, 0.05) is 12.7 Å². The van der Waals surface area contributed by atoms with Crippen LogP contribution in [0, 0.1) is 13.8 Å². The van der Waals surface area contributed by atoms with Gasteiger partial charge < -0.3 is 20.4 Å². The molecule has 1 atom stereocenters. The Labute approximate surface area is 216 Å². The minimum absolute atomic E-state index is 0.0847. The van der Waals surface area contributed by atoms with Gasteiger partial charge in [0.15, 0.2) is 5.60 Å². The van der Waals surface area contributed by atoms with E-state index < -0.39 is 36.5 Å². The van der Waals surface area contributed by atoms with Gasteiger partial charge in [0.1, 0.15) is 0 Å². The van der Waals surface area contributed by atoms with E-state index in [-0.39, 0.29) is 29.7 Å². The second-order valence-electron chi connectivity index (χ2n) is 8.83. The summed E-state index contributed by atoms with van der Waals surface area (Å²) < 4.78 is 83.7. The zero-order valence-corrected chi connectivity index (χ0v) is 21.1. The molecule has 0 aromatic heterocycles. The van der Waals surface area contributed by atoms with Crippen molar-refractivity contribution in [3.63, 3.8) is 0 Å². The van der Waals surface area contributed by atoms with Crippen LogP contribution < -0.4 is 0 Å². The zero-order valence-electron chi connectivity index (χ0n) is 21.1.